The maximum Gasteiger partial charge on any atom is 0.191 e. The van der Waals surface area contributed by atoms with Crippen LogP contribution in [0, 0.1) is 0 Å². The van der Waals surface area contributed by atoms with Crippen LogP contribution in [0.2, 0.25) is 0 Å². The van der Waals surface area contributed by atoms with Gasteiger partial charge in [-0.25, -0.2) is 0 Å². The average molecular weight is 405 g/mol. The van der Waals surface area contributed by atoms with Crippen molar-refractivity contribution in [2.24, 2.45) is 4.99 Å². The predicted octanol–water partition coefficient (Wildman–Crippen LogP) is 3.21. The summed E-state index contributed by atoms with van der Waals surface area (Å²) >= 11 is 0. The number of rotatable bonds is 8. The van der Waals surface area contributed by atoms with Crippen LogP contribution in [0.1, 0.15) is 32.3 Å². The third-order valence-electron chi connectivity index (χ3n) is 3.01. The smallest absolute Gasteiger partial charge is 0.191 e. The molecule has 21 heavy (non-hydrogen) atoms. The molecular weight excluding hydrogens is 377 g/mol. The highest BCUT2D eigenvalue weighted by molar-refractivity contribution is 14.0. The summed E-state index contributed by atoms with van der Waals surface area (Å²) in [6.07, 6.45) is 3.22. The maximum absolute atomic E-state index is 5.36. The number of nitrogens with zero attached hydrogens (tertiary/aromatic N) is 1. The van der Waals surface area contributed by atoms with Gasteiger partial charge in [0.15, 0.2) is 5.96 Å². The van der Waals surface area contributed by atoms with E-state index in [1.165, 1.54) is 12.0 Å². The van der Waals surface area contributed by atoms with Crippen LogP contribution < -0.4 is 15.4 Å². The van der Waals surface area contributed by atoms with E-state index in [0.29, 0.717) is 0 Å². The fraction of sp³-hybridized carbons (Fsp3) is 0.562. The molecule has 0 unspecified atom stereocenters. The molecule has 1 rings (SSSR count). The lowest BCUT2D eigenvalue weighted by Crippen LogP contribution is -2.38. The van der Waals surface area contributed by atoms with E-state index in [2.05, 4.69) is 35.5 Å². The van der Waals surface area contributed by atoms with Crippen LogP contribution in [-0.4, -0.2) is 32.7 Å². The molecule has 120 valence electrons. The first kappa shape index (κ1) is 20.0. The summed E-state index contributed by atoms with van der Waals surface area (Å²) in [5.41, 5.74) is 1.21. The molecule has 0 spiro atoms. The van der Waals surface area contributed by atoms with Crippen molar-refractivity contribution in [2.75, 3.05) is 26.7 Å². The van der Waals surface area contributed by atoms with Crippen LogP contribution in [-0.2, 0) is 6.42 Å². The molecule has 0 aliphatic carbocycles. The van der Waals surface area contributed by atoms with Crippen LogP contribution in [0.5, 0.6) is 5.75 Å². The van der Waals surface area contributed by atoms with Crippen molar-refractivity contribution in [2.45, 2.75) is 33.1 Å². The van der Waals surface area contributed by atoms with Gasteiger partial charge < -0.3 is 15.4 Å². The van der Waals surface area contributed by atoms with Crippen molar-refractivity contribution in [3.8, 4) is 5.75 Å². The molecule has 0 aromatic heterocycles. The van der Waals surface area contributed by atoms with Gasteiger partial charge in [-0.15, -0.1) is 24.0 Å². The summed E-state index contributed by atoms with van der Waals surface area (Å²) in [5.74, 6) is 1.85. The largest absolute Gasteiger partial charge is 0.496 e. The Bertz CT molecular complexity index is 410. The van der Waals surface area contributed by atoms with E-state index in [9.17, 15) is 0 Å². The number of para-hydroxylation sites is 1. The fourth-order valence-corrected chi connectivity index (χ4v) is 1.92. The Morgan fingerprint density at radius 3 is 2.62 bits per heavy atom. The molecule has 0 saturated carbocycles. The Kier molecular flexibility index (Phi) is 12.1. The molecule has 0 radical (unpaired) electrons. The van der Waals surface area contributed by atoms with Gasteiger partial charge in [-0.1, -0.05) is 31.5 Å². The van der Waals surface area contributed by atoms with Gasteiger partial charge in [-0.05, 0) is 31.4 Å². The fourth-order valence-electron chi connectivity index (χ4n) is 1.92. The van der Waals surface area contributed by atoms with Crippen LogP contribution in [0.3, 0.4) is 0 Å². The van der Waals surface area contributed by atoms with E-state index in [4.69, 9.17) is 4.74 Å². The Morgan fingerprint density at radius 2 is 1.95 bits per heavy atom. The van der Waals surface area contributed by atoms with E-state index in [0.717, 1.165) is 44.2 Å². The van der Waals surface area contributed by atoms with E-state index in [1.807, 2.05) is 18.2 Å². The quantitative estimate of drug-likeness (QED) is 0.302. The lowest BCUT2D eigenvalue weighted by atomic mass is 10.1. The van der Waals surface area contributed by atoms with Gasteiger partial charge in [0.25, 0.3) is 0 Å². The number of hydrogen-bond acceptors (Lipinski definition) is 2. The Labute approximate surface area is 145 Å². The minimum Gasteiger partial charge on any atom is -0.496 e. The lowest BCUT2D eigenvalue weighted by molar-refractivity contribution is 0.409. The molecule has 1 aromatic rings. The second-order valence-corrected chi connectivity index (χ2v) is 4.60. The number of nitrogens with one attached hydrogen (secondary N) is 2. The third-order valence-corrected chi connectivity index (χ3v) is 3.01. The van der Waals surface area contributed by atoms with Crippen LogP contribution in [0.4, 0.5) is 0 Å². The highest BCUT2D eigenvalue weighted by Crippen LogP contribution is 2.17. The van der Waals surface area contributed by atoms with Gasteiger partial charge in [0.1, 0.15) is 5.75 Å². The van der Waals surface area contributed by atoms with Gasteiger partial charge in [-0.2, -0.15) is 0 Å². The molecule has 5 heteroatoms. The van der Waals surface area contributed by atoms with E-state index in [1.54, 1.807) is 7.11 Å². The number of guanidine groups is 1. The van der Waals surface area contributed by atoms with Crippen LogP contribution >= 0.6 is 24.0 Å². The van der Waals surface area contributed by atoms with Gasteiger partial charge >= 0.3 is 0 Å². The Balaban J connectivity index is 0.00000400. The summed E-state index contributed by atoms with van der Waals surface area (Å²) in [5, 5.41) is 6.63. The SMILES string of the molecule is CCCCN=C(NCC)NCCc1ccccc1OC.I. The number of aliphatic imine (C=N–C) groups is 1. The van der Waals surface area contributed by atoms with E-state index in [-0.39, 0.29) is 24.0 Å². The number of hydrogen-bond donors (Lipinski definition) is 2. The molecular formula is C16H28IN3O. The Hall–Kier alpha value is -0.980. The summed E-state index contributed by atoms with van der Waals surface area (Å²) < 4.78 is 5.36. The zero-order valence-corrected chi connectivity index (χ0v) is 15.6. The van der Waals surface area contributed by atoms with Gasteiger partial charge in [0.2, 0.25) is 0 Å². The summed E-state index contributed by atoms with van der Waals surface area (Å²) in [4.78, 5) is 4.54. The number of unbranched alkanes of at least 4 members (excludes halogenated alkanes) is 1. The molecule has 4 nitrogen and oxygen atoms in total. The first-order valence-electron chi connectivity index (χ1n) is 7.45. The topological polar surface area (TPSA) is 45.7 Å². The zero-order valence-electron chi connectivity index (χ0n) is 13.3. The molecule has 0 heterocycles. The summed E-state index contributed by atoms with van der Waals surface area (Å²) in [6.45, 7) is 6.86. The average Bonchev–Trinajstić information content (AvgIpc) is 2.48. The van der Waals surface area contributed by atoms with Crippen molar-refractivity contribution in [1.29, 1.82) is 0 Å². The Morgan fingerprint density at radius 1 is 1.19 bits per heavy atom. The molecule has 0 atom stereocenters. The molecule has 0 fully saturated rings. The first-order chi connectivity index (χ1) is 9.81. The number of ether oxygens (including phenoxy) is 1. The van der Waals surface area contributed by atoms with Crippen molar-refractivity contribution in [1.82, 2.24) is 10.6 Å². The summed E-state index contributed by atoms with van der Waals surface area (Å²) in [6, 6.07) is 8.13. The minimum atomic E-state index is 0. The van der Waals surface area contributed by atoms with Crippen molar-refractivity contribution >= 4 is 29.9 Å². The molecule has 2 N–H and O–H groups in total. The third kappa shape index (κ3) is 8.14. The van der Waals surface area contributed by atoms with Crippen molar-refractivity contribution in [3.05, 3.63) is 29.8 Å². The molecule has 1 aromatic carbocycles. The van der Waals surface area contributed by atoms with Crippen LogP contribution in [0.25, 0.3) is 0 Å². The summed E-state index contributed by atoms with van der Waals surface area (Å²) in [7, 11) is 1.71. The van der Waals surface area contributed by atoms with Gasteiger partial charge in [0, 0.05) is 19.6 Å². The predicted molar refractivity (Wildman–Crippen MR) is 101 cm³/mol. The van der Waals surface area contributed by atoms with Crippen molar-refractivity contribution in [3.63, 3.8) is 0 Å². The lowest BCUT2D eigenvalue weighted by Gasteiger charge is -2.12. The van der Waals surface area contributed by atoms with Gasteiger partial charge in [-0.3, -0.25) is 4.99 Å². The second-order valence-electron chi connectivity index (χ2n) is 4.60. The normalized spacial score (nSPS) is 10.7. The standard InChI is InChI=1S/C16H27N3O.HI/c1-4-6-12-18-16(17-5-2)19-13-11-14-9-7-8-10-15(14)20-3;/h7-10H,4-6,11-13H2,1-3H3,(H2,17,18,19);1H. The van der Waals surface area contributed by atoms with E-state index >= 15 is 0 Å². The van der Waals surface area contributed by atoms with Gasteiger partial charge in [0.05, 0.1) is 7.11 Å². The first-order valence-corrected chi connectivity index (χ1v) is 7.45. The van der Waals surface area contributed by atoms with Crippen LogP contribution in [0.15, 0.2) is 29.3 Å². The zero-order chi connectivity index (χ0) is 14.6. The molecule has 0 aliphatic heterocycles. The van der Waals surface area contributed by atoms with E-state index < -0.39 is 0 Å². The highest BCUT2D eigenvalue weighted by atomic mass is 127. The molecule has 0 bridgehead atoms. The molecule has 0 amide bonds. The number of benzene rings is 1. The molecule has 0 aliphatic rings. The number of methoxy groups -OCH3 is 1. The monoisotopic (exact) mass is 405 g/mol. The minimum absolute atomic E-state index is 0. The highest BCUT2D eigenvalue weighted by Gasteiger charge is 2.02. The molecule has 0 saturated heterocycles. The maximum atomic E-state index is 5.36. The van der Waals surface area contributed by atoms with Crippen molar-refractivity contribution < 1.29 is 4.74 Å². The number of halogens is 1. The second kappa shape index (κ2) is 12.7.